The highest BCUT2D eigenvalue weighted by molar-refractivity contribution is 6.30. The number of nitrogens with one attached hydrogen (secondary N) is 1. The molecule has 0 spiro atoms. The summed E-state index contributed by atoms with van der Waals surface area (Å²) in [6.07, 6.45) is 0. The van der Waals surface area contributed by atoms with Crippen molar-refractivity contribution in [2.24, 2.45) is 7.05 Å². The van der Waals surface area contributed by atoms with Gasteiger partial charge in [0.15, 0.2) is 0 Å². The van der Waals surface area contributed by atoms with Crippen LogP contribution >= 0.6 is 11.6 Å². The highest BCUT2D eigenvalue weighted by atomic mass is 35.5. The standard InChI is InChI=1S/C15H21ClN4O/c1-5-17-8-13-14(7-6-10(2)18-13)21-9-12-11(3)19-20(4)15(12)16/h6-7,17H,5,8-9H2,1-4H3. The van der Waals surface area contributed by atoms with E-state index < -0.39 is 0 Å². The van der Waals surface area contributed by atoms with E-state index in [1.54, 1.807) is 4.68 Å². The molecule has 6 heteroatoms. The van der Waals surface area contributed by atoms with Crippen LogP contribution in [0.5, 0.6) is 5.75 Å². The lowest BCUT2D eigenvalue weighted by Gasteiger charge is -2.12. The zero-order valence-electron chi connectivity index (χ0n) is 12.9. The van der Waals surface area contributed by atoms with E-state index in [1.165, 1.54) is 0 Å². The largest absolute Gasteiger partial charge is 0.487 e. The summed E-state index contributed by atoms with van der Waals surface area (Å²) >= 11 is 6.22. The molecule has 0 aliphatic carbocycles. The maximum absolute atomic E-state index is 6.22. The smallest absolute Gasteiger partial charge is 0.142 e. The molecule has 0 bridgehead atoms. The molecule has 21 heavy (non-hydrogen) atoms. The molecule has 0 radical (unpaired) electrons. The summed E-state index contributed by atoms with van der Waals surface area (Å²) in [6.45, 7) is 7.94. The zero-order chi connectivity index (χ0) is 15.4. The molecule has 2 rings (SSSR count). The van der Waals surface area contributed by atoms with Crippen molar-refractivity contribution in [1.29, 1.82) is 0 Å². The number of ether oxygens (including phenoxy) is 1. The molecule has 0 aliphatic heterocycles. The summed E-state index contributed by atoms with van der Waals surface area (Å²) < 4.78 is 7.57. The Morgan fingerprint density at radius 2 is 2.10 bits per heavy atom. The second kappa shape index (κ2) is 6.91. The Morgan fingerprint density at radius 3 is 2.71 bits per heavy atom. The van der Waals surface area contributed by atoms with E-state index in [0.29, 0.717) is 18.3 Å². The molecule has 0 amide bonds. The number of aryl methyl sites for hydroxylation is 3. The molecule has 0 aliphatic rings. The minimum absolute atomic E-state index is 0.391. The monoisotopic (exact) mass is 308 g/mol. The average Bonchev–Trinajstić information content (AvgIpc) is 2.69. The summed E-state index contributed by atoms with van der Waals surface area (Å²) in [5.41, 5.74) is 3.69. The first-order chi connectivity index (χ1) is 10.0. The Morgan fingerprint density at radius 1 is 1.33 bits per heavy atom. The van der Waals surface area contributed by atoms with Crippen molar-refractivity contribution in [3.05, 3.63) is 39.9 Å². The van der Waals surface area contributed by atoms with Gasteiger partial charge in [0.2, 0.25) is 0 Å². The van der Waals surface area contributed by atoms with Gasteiger partial charge in [-0.25, -0.2) is 0 Å². The van der Waals surface area contributed by atoms with Crippen LogP contribution in [0, 0.1) is 13.8 Å². The zero-order valence-corrected chi connectivity index (χ0v) is 13.7. The van der Waals surface area contributed by atoms with Crippen LogP contribution < -0.4 is 10.1 Å². The van der Waals surface area contributed by atoms with Crippen molar-refractivity contribution in [2.45, 2.75) is 33.9 Å². The third-order valence-electron chi connectivity index (χ3n) is 3.26. The lowest BCUT2D eigenvalue weighted by molar-refractivity contribution is 0.299. The van der Waals surface area contributed by atoms with Crippen LogP contribution in [-0.4, -0.2) is 21.3 Å². The van der Waals surface area contributed by atoms with Crippen LogP contribution in [0.15, 0.2) is 12.1 Å². The quantitative estimate of drug-likeness (QED) is 0.891. The number of rotatable bonds is 6. The van der Waals surface area contributed by atoms with E-state index in [9.17, 15) is 0 Å². The SMILES string of the molecule is CCNCc1nc(C)ccc1OCc1c(C)nn(C)c1Cl. The first kappa shape index (κ1) is 15.8. The number of aromatic nitrogens is 3. The summed E-state index contributed by atoms with van der Waals surface area (Å²) in [7, 11) is 1.82. The van der Waals surface area contributed by atoms with Gasteiger partial charge in [-0.2, -0.15) is 5.10 Å². The maximum Gasteiger partial charge on any atom is 0.142 e. The third-order valence-corrected chi connectivity index (χ3v) is 3.73. The number of hydrogen-bond acceptors (Lipinski definition) is 4. The summed E-state index contributed by atoms with van der Waals surface area (Å²) in [6, 6.07) is 3.90. The van der Waals surface area contributed by atoms with E-state index in [2.05, 4.69) is 22.3 Å². The van der Waals surface area contributed by atoms with Crippen molar-refractivity contribution < 1.29 is 4.74 Å². The summed E-state index contributed by atoms with van der Waals surface area (Å²) in [5.74, 6) is 0.779. The Labute approximate surface area is 130 Å². The van der Waals surface area contributed by atoms with Gasteiger partial charge in [0.05, 0.1) is 11.4 Å². The van der Waals surface area contributed by atoms with Gasteiger partial charge in [-0.1, -0.05) is 18.5 Å². The lowest BCUT2D eigenvalue weighted by atomic mass is 10.2. The first-order valence-electron chi connectivity index (χ1n) is 7.01. The van der Waals surface area contributed by atoms with Gasteiger partial charge < -0.3 is 10.1 Å². The van der Waals surface area contributed by atoms with Gasteiger partial charge in [-0.05, 0) is 32.5 Å². The average molecular weight is 309 g/mol. The minimum Gasteiger partial charge on any atom is -0.487 e. The van der Waals surface area contributed by atoms with Gasteiger partial charge >= 0.3 is 0 Å². The normalized spacial score (nSPS) is 10.9. The molecule has 2 heterocycles. The van der Waals surface area contributed by atoms with Crippen molar-refractivity contribution in [3.63, 3.8) is 0 Å². The van der Waals surface area contributed by atoms with Crippen LogP contribution in [0.1, 0.15) is 29.6 Å². The van der Waals surface area contributed by atoms with Crippen LogP contribution in [0.3, 0.4) is 0 Å². The second-order valence-electron chi connectivity index (χ2n) is 4.94. The molecule has 1 N–H and O–H groups in total. The third kappa shape index (κ3) is 3.74. The number of pyridine rings is 1. The molecule has 0 saturated carbocycles. The van der Waals surface area contributed by atoms with Gasteiger partial charge in [0.25, 0.3) is 0 Å². The van der Waals surface area contributed by atoms with Crippen LogP contribution in [0.25, 0.3) is 0 Å². The molecule has 0 fully saturated rings. The Kier molecular flexibility index (Phi) is 5.20. The van der Waals surface area contributed by atoms with E-state index in [0.717, 1.165) is 34.9 Å². The first-order valence-corrected chi connectivity index (χ1v) is 7.38. The molecule has 0 unspecified atom stereocenters. The van der Waals surface area contributed by atoms with Crippen LogP contribution in [0.4, 0.5) is 0 Å². The van der Waals surface area contributed by atoms with Crippen molar-refractivity contribution in [2.75, 3.05) is 6.54 Å². The van der Waals surface area contributed by atoms with Gasteiger partial charge in [0.1, 0.15) is 17.5 Å². The second-order valence-corrected chi connectivity index (χ2v) is 5.30. The number of nitrogens with zero attached hydrogens (tertiary/aromatic N) is 3. The molecule has 0 saturated heterocycles. The van der Waals surface area contributed by atoms with Crippen LogP contribution in [0.2, 0.25) is 5.15 Å². The molecular weight excluding hydrogens is 288 g/mol. The Bertz CT molecular complexity index is 624. The summed E-state index contributed by atoms with van der Waals surface area (Å²) in [5, 5.41) is 8.17. The number of hydrogen-bond donors (Lipinski definition) is 1. The molecule has 2 aromatic rings. The van der Waals surface area contributed by atoms with Gasteiger partial charge in [-0.3, -0.25) is 9.67 Å². The molecule has 0 aromatic carbocycles. The number of halogens is 1. The molecule has 114 valence electrons. The predicted molar refractivity (Wildman–Crippen MR) is 83.6 cm³/mol. The van der Waals surface area contributed by atoms with E-state index in [4.69, 9.17) is 16.3 Å². The Balaban J connectivity index is 2.15. The molecular formula is C15H21ClN4O. The fraction of sp³-hybridized carbons (Fsp3) is 0.467. The Hall–Kier alpha value is -1.59. The van der Waals surface area contributed by atoms with Gasteiger partial charge in [0, 0.05) is 24.8 Å². The lowest BCUT2D eigenvalue weighted by Crippen LogP contribution is -2.14. The highest BCUT2D eigenvalue weighted by Crippen LogP contribution is 2.23. The minimum atomic E-state index is 0.391. The maximum atomic E-state index is 6.22. The topological polar surface area (TPSA) is 52.0 Å². The molecule has 5 nitrogen and oxygen atoms in total. The predicted octanol–water partition coefficient (Wildman–Crippen LogP) is 2.77. The van der Waals surface area contributed by atoms with Crippen molar-refractivity contribution in [1.82, 2.24) is 20.1 Å². The fourth-order valence-corrected chi connectivity index (χ4v) is 2.32. The molecule has 2 aromatic heterocycles. The highest BCUT2D eigenvalue weighted by Gasteiger charge is 2.13. The van der Waals surface area contributed by atoms with E-state index in [-0.39, 0.29) is 0 Å². The van der Waals surface area contributed by atoms with Crippen LogP contribution in [-0.2, 0) is 20.2 Å². The van der Waals surface area contributed by atoms with Gasteiger partial charge in [-0.15, -0.1) is 0 Å². The fourth-order valence-electron chi connectivity index (χ4n) is 2.09. The van der Waals surface area contributed by atoms with E-state index in [1.807, 2.05) is 33.0 Å². The van der Waals surface area contributed by atoms with Crippen molar-refractivity contribution in [3.8, 4) is 5.75 Å². The molecule has 0 atom stereocenters. The van der Waals surface area contributed by atoms with E-state index >= 15 is 0 Å². The summed E-state index contributed by atoms with van der Waals surface area (Å²) in [4.78, 5) is 4.53. The van der Waals surface area contributed by atoms with Crippen molar-refractivity contribution >= 4 is 11.6 Å².